The van der Waals surface area contributed by atoms with Gasteiger partial charge in [0.15, 0.2) is 6.29 Å². The van der Waals surface area contributed by atoms with Crippen molar-refractivity contribution < 1.29 is 14.6 Å². The van der Waals surface area contributed by atoms with Crippen LogP contribution in [0.1, 0.15) is 34.4 Å². The van der Waals surface area contributed by atoms with Gasteiger partial charge in [-0.1, -0.05) is 24.3 Å². The van der Waals surface area contributed by atoms with Crippen molar-refractivity contribution in [1.82, 2.24) is 15.1 Å². The van der Waals surface area contributed by atoms with Crippen molar-refractivity contribution >= 4 is 0 Å². The molecule has 0 bridgehead atoms. The summed E-state index contributed by atoms with van der Waals surface area (Å²) in [5, 5.41) is 17.0. The minimum Gasteiger partial charge on any atom is -0.394 e. The van der Waals surface area contributed by atoms with E-state index in [0.717, 1.165) is 30.0 Å². The van der Waals surface area contributed by atoms with Gasteiger partial charge in [0.05, 0.1) is 32.1 Å². The quantitative estimate of drug-likeness (QED) is 0.810. The third-order valence-corrected chi connectivity index (χ3v) is 4.35. The second-order valence-corrected chi connectivity index (χ2v) is 6.01. The summed E-state index contributed by atoms with van der Waals surface area (Å²) < 4.78 is 12.9. The first-order chi connectivity index (χ1) is 11.7. The number of hydrogen-bond acceptors (Lipinski definition) is 5. The monoisotopic (exact) mass is 331 g/mol. The zero-order chi connectivity index (χ0) is 16.9. The number of aromatic nitrogens is 2. The number of aryl methyl sites for hydroxylation is 1. The lowest BCUT2D eigenvalue weighted by Crippen LogP contribution is -2.14. The second kappa shape index (κ2) is 7.90. The molecule has 6 nitrogen and oxygen atoms in total. The van der Waals surface area contributed by atoms with Gasteiger partial charge in [0.1, 0.15) is 0 Å². The van der Waals surface area contributed by atoms with Gasteiger partial charge >= 0.3 is 0 Å². The van der Waals surface area contributed by atoms with Crippen molar-refractivity contribution in [2.75, 3.05) is 19.8 Å². The van der Waals surface area contributed by atoms with Crippen LogP contribution in [-0.2, 0) is 29.1 Å². The molecule has 1 aliphatic heterocycles. The summed E-state index contributed by atoms with van der Waals surface area (Å²) in [4.78, 5) is 0. The molecule has 0 radical (unpaired) electrons. The molecule has 1 fully saturated rings. The summed E-state index contributed by atoms with van der Waals surface area (Å²) in [7, 11) is 0. The summed E-state index contributed by atoms with van der Waals surface area (Å²) in [6, 6.07) is 8.32. The van der Waals surface area contributed by atoms with E-state index in [1.807, 2.05) is 18.5 Å². The molecule has 0 amide bonds. The minimum atomic E-state index is -0.213. The maximum absolute atomic E-state index is 9.08. The van der Waals surface area contributed by atoms with E-state index >= 15 is 0 Å². The lowest BCUT2D eigenvalue weighted by Gasteiger charge is -2.10. The highest BCUT2D eigenvalue weighted by molar-refractivity contribution is 5.26. The van der Waals surface area contributed by atoms with Crippen LogP contribution < -0.4 is 5.32 Å². The Morgan fingerprint density at radius 2 is 1.88 bits per heavy atom. The molecule has 0 spiro atoms. The number of hydrogen-bond donors (Lipinski definition) is 2. The summed E-state index contributed by atoms with van der Waals surface area (Å²) in [5.74, 6) is 0. The van der Waals surface area contributed by atoms with Crippen LogP contribution in [0, 0.1) is 13.8 Å². The molecule has 1 aliphatic rings. The average Bonchev–Trinajstić information content (AvgIpc) is 3.20. The van der Waals surface area contributed by atoms with Crippen molar-refractivity contribution in [3.8, 4) is 0 Å². The van der Waals surface area contributed by atoms with E-state index < -0.39 is 0 Å². The number of benzene rings is 1. The van der Waals surface area contributed by atoms with Crippen LogP contribution in [0.4, 0.5) is 0 Å². The molecule has 0 aliphatic carbocycles. The number of nitrogens with zero attached hydrogens (tertiary/aromatic N) is 2. The van der Waals surface area contributed by atoms with Gasteiger partial charge in [-0.25, -0.2) is 0 Å². The first-order valence-electron chi connectivity index (χ1n) is 8.35. The highest BCUT2D eigenvalue weighted by Gasteiger charge is 2.17. The van der Waals surface area contributed by atoms with Crippen molar-refractivity contribution in [2.24, 2.45) is 0 Å². The minimum absolute atomic E-state index is 0.107. The smallest absolute Gasteiger partial charge is 0.184 e. The molecular weight excluding hydrogens is 306 g/mol. The van der Waals surface area contributed by atoms with E-state index in [0.29, 0.717) is 19.8 Å². The maximum atomic E-state index is 9.08. The Labute approximate surface area is 142 Å². The fourth-order valence-corrected chi connectivity index (χ4v) is 2.98. The first-order valence-corrected chi connectivity index (χ1v) is 8.35. The van der Waals surface area contributed by atoms with Crippen LogP contribution in [0.2, 0.25) is 0 Å². The molecule has 0 atom stereocenters. The summed E-state index contributed by atoms with van der Waals surface area (Å²) >= 11 is 0. The van der Waals surface area contributed by atoms with E-state index in [2.05, 4.69) is 34.7 Å². The summed E-state index contributed by atoms with van der Waals surface area (Å²) in [5.41, 5.74) is 5.61. The molecule has 2 heterocycles. The zero-order valence-corrected chi connectivity index (χ0v) is 14.3. The highest BCUT2D eigenvalue weighted by atomic mass is 16.7. The van der Waals surface area contributed by atoms with Crippen LogP contribution in [0.15, 0.2) is 24.3 Å². The van der Waals surface area contributed by atoms with Crippen LogP contribution in [0.3, 0.4) is 0 Å². The number of nitrogens with one attached hydrogen (secondary N) is 1. The summed E-state index contributed by atoms with van der Waals surface area (Å²) in [6.07, 6.45) is -0.213. The number of aliphatic hydroxyl groups excluding tert-OH is 1. The maximum Gasteiger partial charge on any atom is 0.184 e. The van der Waals surface area contributed by atoms with Crippen LogP contribution >= 0.6 is 0 Å². The highest BCUT2D eigenvalue weighted by Crippen LogP contribution is 2.23. The first kappa shape index (κ1) is 17.1. The lowest BCUT2D eigenvalue weighted by molar-refractivity contribution is -0.0441. The Kier molecular flexibility index (Phi) is 5.63. The van der Waals surface area contributed by atoms with Gasteiger partial charge in [0, 0.05) is 29.9 Å². The van der Waals surface area contributed by atoms with Crippen LogP contribution in [0.25, 0.3) is 0 Å². The van der Waals surface area contributed by atoms with Crippen LogP contribution in [0.5, 0.6) is 0 Å². The van der Waals surface area contributed by atoms with E-state index in [4.69, 9.17) is 14.6 Å². The molecule has 0 saturated carbocycles. The van der Waals surface area contributed by atoms with Crippen molar-refractivity contribution in [3.63, 3.8) is 0 Å². The number of rotatable bonds is 7. The van der Waals surface area contributed by atoms with E-state index in [-0.39, 0.29) is 12.9 Å². The molecule has 0 unspecified atom stereocenters. The molecule has 1 aromatic carbocycles. The number of ether oxygens (including phenoxy) is 2. The van der Waals surface area contributed by atoms with Crippen molar-refractivity contribution in [1.29, 1.82) is 0 Å². The van der Waals surface area contributed by atoms with Gasteiger partial charge in [0.2, 0.25) is 0 Å². The normalized spacial score (nSPS) is 15.3. The van der Waals surface area contributed by atoms with Gasteiger partial charge in [0.25, 0.3) is 0 Å². The molecule has 1 aromatic heterocycles. The van der Waals surface area contributed by atoms with E-state index in [1.54, 1.807) is 0 Å². The largest absolute Gasteiger partial charge is 0.394 e. The predicted octanol–water partition coefficient (Wildman–Crippen LogP) is 1.83. The topological polar surface area (TPSA) is 68.5 Å². The van der Waals surface area contributed by atoms with Gasteiger partial charge < -0.3 is 19.9 Å². The Morgan fingerprint density at radius 3 is 2.54 bits per heavy atom. The molecular formula is C18H25N3O3. The Hall–Kier alpha value is -1.73. The number of aliphatic hydroxyl groups is 1. The molecule has 1 saturated heterocycles. The third kappa shape index (κ3) is 3.84. The molecule has 24 heavy (non-hydrogen) atoms. The third-order valence-electron chi connectivity index (χ3n) is 4.35. The van der Waals surface area contributed by atoms with Gasteiger partial charge in [-0.3, -0.25) is 4.68 Å². The zero-order valence-electron chi connectivity index (χ0n) is 14.3. The Balaban J connectivity index is 1.54. The SMILES string of the molecule is Cc1nn(CCO)c(C)c1CNCc1ccc(C2OCCO2)cc1. The van der Waals surface area contributed by atoms with E-state index in [9.17, 15) is 0 Å². The van der Waals surface area contributed by atoms with Gasteiger partial charge in [-0.2, -0.15) is 5.10 Å². The standard InChI is InChI=1S/C18H25N3O3/c1-13-17(14(2)21(20-13)7-8-22)12-19-11-15-3-5-16(6-4-15)18-23-9-10-24-18/h3-6,18-19,22H,7-12H2,1-2H3. The molecule has 3 rings (SSSR count). The Morgan fingerprint density at radius 1 is 1.17 bits per heavy atom. The average molecular weight is 331 g/mol. The Bertz CT molecular complexity index is 661. The van der Waals surface area contributed by atoms with E-state index in [1.165, 1.54) is 11.1 Å². The van der Waals surface area contributed by atoms with Gasteiger partial charge in [-0.15, -0.1) is 0 Å². The molecule has 6 heteroatoms. The van der Waals surface area contributed by atoms with Crippen molar-refractivity contribution in [3.05, 3.63) is 52.3 Å². The molecule has 2 aromatic rings. The molecule has 2 N–H and O–H groups in total. The fourth-order valence-electron chi connectivity index (χ4n) is 2.98. The lowest BCUT2D eigenvalue weighted by atomic mass is 10.1. The fraction of sp³-hybridized carbons (Fsp3) is 0.500. The van der Waals surface area contributed by atoms with Crippen molar-refractivity contribution in [2.45, 2.75) is 39.8 Å². The predicted molar refractivity (Wildman–Crippen MR) is 90.4 cm³/mol. The van der Waals surface area contributed by atoms with Crippen LogP contribution in [-0.4, -0.2) is 34.7 Å². The van der Waals surface area contributed by atoms with Gasteiger partial charge in [-0.05, 0) is 19.4 Å². The molecule has 130 valence electrons. The second-order valence-electron chi connectivity index (χ2n) is 6.01. The summed E-state index contributed by atoms with van der Waals surface area (Å²) in [6.45, 7) is 7.58.